The number of unbranched alkanes of at least 4 members (excludes halogenated alkanes) is 1. The van der Waals surface area contributed by atoms with Crippen LogP contribution in [0.2, 0.25) is 0 Å². The Labute approximate surface area is 124 Å². The molecule has 3 rings (SSSR count). The summed E-state index contributed by atoms with van der Waals surface area (Å²) in [7, 11) is 0. The van der Waals surface area contributed by atoms with Gasteiger partial charge in [-0.15, -0.1) is 0 Å². The van der Waals surface area contributed by atoms with Crippen LogP contribution in [-0.2, 0) is 12.8 Å². The zero-order valence-corrected chi connectivity index (χ0v) is 12.5. The molecule has 0 amide bonds. The molecule has 2 heteroatoms. The third kappa shape index (κ3) is 2.66. The van der Waals surface area contributed by atoms with Gasteiger partial charge in [0, 0.05) is 21.8 Å². The number of Topliss-reactive ketones (excluding diaryl/α,β-unsaturated/α-hetero) is 1. The number of carbonyl (C=O) groups excluding carboxylic acids is 1. The predicted octanol–water partition coefficient (Wildman–Crippen LogP) is 4.92. The van der Waals surface area contributed by atoms with Crippen LogP contribution in [0.25, 0.3) is 0 Å². The van der Waals surface area contributed by atoms with E-state index in [0.717, 1.165) is 22.4 Å². The van der Waals surface area contributed by atoms with Crippen LogP contribution in [0.4, 0.5) is 0 Å². The maximum absolute atomic E-state index is 12.5. The summed E-state index contributed by atoms with van der Waals surface area (Å²) in [5.74, 6) is 0.246. The van der Waals surface area contributed by atoms with Crippen LogP contribution in [0, 0.1) is 0 Å². The maximum Gasteiger partial charge on any atom is 0.168 e. The van der Waals surface area contributed by atoms with E-state index in [0.29, 0.717) is 6.42 Å². The molecule has 0 N–H and O–H groups in total. The van der Waals surface area contributed by atoms with Gasteiger partial charge in [0.05, 0.1) is 0 Å². The summed E-state index contributed by atoms with van der Waals surface area (Å²) in [5.41, 5.74) is 3.33. The molecule has 0 saturated heterocycles. The van der Waals surface area contributed by atoms with Crippen molar-refractivity contribution in [3.8, 4) is 0 Å². The largest absolute Gasteiger partial charge is 0.294 e. The van der Waals surface area contributed by atoms with Gasteiger partial charge in [-0.3, -0.25) is 4.79 Å². The molecule has 0 aliphatic carbocycles. The van der Waals surface area contributed by atoms with E-state index in [4.69, 9.17) is 0 Å². The summed E-state index contributed by atoms with van der Waals surface area (Å²) in [6, 6.07) is 14.6. The van der Waals surface area contributed by atoms with Gasteiger partial charge in [0.25, 0.3) is 0 Å². The lowest BCUT2D eigenvalue weighted by Gasteiger charge is -2.07. The Morgan fingerprint density at radius 3 is 2.80 bits per heavy atom. The number of fused-ring (bicyclic) bond motifs is 2. The van der Waals surface area contributed by atoms with E-state index in [-0.39, 0.29) is 5.78 Å². The molecule has 0 unspecified atom stereocenters. The fourth-order valence-electron chi connectivity index (χ4n) is 2.56. The van der Waals surface area contributed by atoms with Crippen molar-refractivity contribution in [2.45, 2.75) is 42.4 Å². The second kappa shape index (κ2) is 5.84. The molecule has 0 saturated carbocycles. The average Bonchev–Trinajstić information content (AvgIpc) is 2.61. The van der Waals surface area contributed by atoms with Crippen molar-refractivity contribution in [1.29, 1.82) is 0 Å². The highest BCUT2D eigenvalue weighted by molar-refractivity contribution is 7.99. The number of aryl methyl sites for hydroxylation is 1. The molecule has 1 heterocycles. The lowest BCUT2D eigenvalue weighted by atomic mass is 9.99. The van der Waals surface area contributed by atoms with Gasteiger partial charge in [0.1, 0.15) is 0 Å². The number of hydrogen-bond donors (Lipinski definition) is 0. The van der Waals surface area contributed by atoms with E-state index < -0.39 is 0 Å². The third-order valence-corrected chi connectivity index (χ3v) is 4.90. The second-order valence-electron chi connectivity index (χ2n) is 5.24. The van der Waals surface area contributed by atoms with Gasteiger partial charge in [0.15, 0.2) is 5.78 Å². The number of carbonyl (C=O) groups is 1. The highest BCUT2D eigenvalue weighted by Gasteiger charge is 2.20. The van der Waals surface area contributed by atoms with Crippen LogP contribution in [0.1, 0.15) is 41.3 Å². The molecule has 0 aromatic heterocycles. The molecule has 0 bridgehead atoms. The monoisotopic (exact) mass is 282 g/mol. The fraction of sp³-hybridized carbons (Fsp3) is 0.278. The zero-order chi connectivity index (χ0) is 13.9. The topological polar surface area (TPSA) is 17.1 Å². The van der Waals surface area contributed by atoms with Gasteiger partial charge in [-0.1, -0.05) is 49.4 Å². The SMILES string of the molecule is CCCCc1ccc2c(c1)C(=O)Cc1ccccc1S2. The molecule has 0 atom stereocenters. The van der Waals surface area contributed by atoms with E-state index in [2.05, 4.69) is 37.3 Å². The van der Waals surface area contributed by atoms with Gasteiger partial charge in [-0.05, 0) is 42.2 Å². The molecule has 1 aliphatic rings. The molecule has 1 aliphatic heterocycles. The van der Waals surface area contributed by atoms with Crippen molar-refractivity contribution < 1.29 is 4.79 Å². The van der Waals surface area contributed by atoms with E-state index in [1.54, 1.807) is 11.8 Å². The highest BCUT2D eigenvalue weighted by atomic mass is 32.2. The zero-order valence-electron chi connectivity index (χ0n) is 11.7. The number of ketones is 1. The van der Waals surface area contributed by atoms with Gasteiger partial charge < -0.3 is 0 Å². The smallest absolute Gasteiger partial charge is 0.168 e. The van der Waals surface area contributed by atoms with Crippen LogP contribution < -0.4 is 0 Å². The molecule has 1 nitrogen and oxygen atoms in total. The molecular weight excluding hydrogens is 264 g/mol. The summed E-state index contributed by atoms with van der Waals surface area (Å²) < 4.78 is 0. The molecule has 20 heavy (non-hydrogen) atoms. The standard InChI is InChI=1S/C18H18OS/c1-2-3-6-13-9-10-18-15(11-13)16(19)12-14-7-4-5-8-17(14)20-18/h4-5,7-11H,2-3,6,12H2,1H3. The minimum Gasteiger partial charge on any atom is -0.294 e. The number of hydrogen-bond acceptors (Lipinski definition) is 2. The Morgan fingerprint density at radius 2 is 1.95 bits per heavy atom. The predicted molar refractivity (Wildman–Crippen MR) is 83.7 cm³/mol. The first-order valence-corrected chi connectivity index (χ1v) is 8.01. The van der Waals surface area contributed by atoms with Crippen molar-refractivity contribution in [3.63, 3.8) is 0 Å². The lowest BCUT2D eigenvalue weighted by molar-refractivity contribution is 0.0990. The first-order valence-electron chi connectivity index (χ1n) is 7.20. The summed E-state index contributed by atoms with van der Waals surface area (Å²) >= 11 is 1.72. The van der Waals surface area contributed by atoms with Crippen molar-refractivity contribution >= 4 is 17.5 Å². The minimum atomic E-state index is 0.246. The molecule has 102 valence electrons. The van der Waals surface area contributed by atoms with Gasteiger partial charge in [-0.2, -0.15) is 0 Å². The van der Waals surface area contributed by atoms with Crippen molar-refractivity contribution in [2.75, 3.05) is 0 Å². The van der Waals surface area contributed by atoms with Gasteiger partial charge in [0.2, 0.25) is 0 Å². The third-order valence-electron chi connectivity index (χ3n) is 3.71. The van der Waals surface area contributed by atoms with E-state index >= 15 is 0 Å². The normalized spacial score (nSPS) is 13.6. The first kappa shape index (κ1) is 13.4. The van der Waals surface area contributed by atoms with Crippen LogP contribution in [-0.4, -0.2) is 5.78 Å². The van der Waals surface area contributed by atoms with Crippen LogP contribution >= 0.6 is 11.8 Å². The molecule has 0 spiro atoms. The van der Waals surface area contributed by atoms with E-state index in [1.165, 1.54) is 23.3 Å². The van der Waals surface area contributed by atoms with Crippen molar-refractivity contribution in [3.05, 3.63) is 59.2 Å². The molecule has 0 fully saturated rings. The molecule has 2 aromatic carbocycles. The van der Waals surface area contributed by atoms with Crippen molar-refractivity contribution in [1.82, 2.24) is 0 Å². The summed E-state index contributed by atoms with van der Waals surface area (Å²) in [6.45, 7) is 2.20. The molecule has 2 aromatic rings. The Hall–Kier alpha value is -1.54. The summed E-state index contributed by atoms with van der Waals surface area (Å²) in [5, 5.41) is 0. The van der Waals surface area contributed by atoms with Crippen LogP contribution in [0.15, 0.2) is 52.3 Å². The first-order chi connectivity index (χ1) is 9.78. The molecular formula is C18H18OS. The summed E-state index contributed by atoms with van der Waals surface area (Å²) in [4.78, 5) is 14.8. The van der Waals surface area contributed by atoms with E-state index in [1.807, 2.05) is 12.1 Å². The molecule has 0 radical (unpaired) electrons. The van der Waals surface area contributed by atoms with E-state index in [9.17, 15) is 4.79 Å². The quantitative estimate of drug-likeness (QED) is 0.795. The van der Waals surface area contributed by atoms with Crippen molar-refractivity contribution in [2.24, 2.45) is 0 Å². The Morgan fingerprint density at radius 1 is 1.10 bits per heavy atom. The Kier molecular flexibility index (Phi) is 3.93. The fourth-order valence-corrected chi connectivity index (χ4v) is 3.63. The summed E-state index contributed by atoms with van der Waals surface area (Å²) in [6.07, 6.45) is 3.95. The maximum atomic E-state index is 12.5. The lowest BCUT2D eigenvalue weighted by Crippen LogP contribution is -2.04. The Bertz CT molecular complexity index is 646. The number of benzene rings is 2. The Balaban J connectivity index is 1.98. The average molecular weight is 282 g/mol. The number of rotatable bonds is 3. The van der Waals surface area contributed by atoms with Gasteiger partial charge in [-0.25, -0.2) is 0 Å². The second-order valence-corrected chi connectivity index (χ2v) is 6.33. The van der Waals surface area contributed by atoms with Crippen LogP contribution in [0.3, 0.4) is 0 Å². The minimum absolute atomic E-state index is 0.246. The van der Waals surface area contributed by atoms with Gasteiger partial charge >= 0.3 is 0 Å². The highest BCUT2D eigenvalue weighted by Crippen LogP contribution is 2.37. The van der Waals surface area contributed by atoms with Crippen LogP contribution in [0.5, 0.6) is 0 Å².